The molecule has 1 aliphatic rings. The summed E-state index contributed by atoms with van der Waals surface area (Å²) in [4.78, 5) is 0. The van der Waals surface area contributed by atoms with Gasteiger partial charge in [0, 0.05) is 35.3 Å². The van der Waals surface area contributed by atoms with Crippen molar-refractivity contribution in [1.82, 2.24) is 4.57 Å². The van der Waals surface area contributed by atoms with Crippen molar-refractivity contribution in [2.75, 3.05) is 0 Å². The van der Waals surface area contributed by atoms with Gasteiger partial charge in [-0.1, -0.05) is 49.6 Å². The summed E-state index contributed by atoms with van der Waals surface area (Å²) < 4.78 is 4.89. The summed E-state index contributed by atoms with van der Waals surface area (Å²) in [5.74, 6) is 0.727. The van der Waals surface area contributed by atoms with Crippen molar-refractivity contribution in [2.24, 2.45) is 7.05 Å². The van der Waals surface area contributed by atoms with Gasteiger partial charge in [0.2, 0.25) is 5.69 Å². The number of aryl methyl sites for hydroxylation is 2. The maximum Gasteiger partial charge on any atom is 0.220 e. The predicted octanol–water partition coefficient (Wildman–Crippen LogP) is 8.68. The molecule has 0 aliphatic heterocycles. The lowest BCUT2D eigenvalue weighted by Crippen LogP contribution is -2.35. The Hall–Kier alpha value is -3.13. The van der Waals surface area contributed by atoms with E-state index in [2.05, 4.69) is 105 Å². The third-order valence-electron chi connectivity index (χ3n) is 8.46. The smallest absolute Gasteiger partial charge is 0.220 e. The molecule has 1 saturated carbocycles. The topological polar surface area (TPSA) is 8.81 Å². The van der Waals surface area contributed by atoms with Crippen molar-refractivity contribution in [2.45, 2.75) is 71.8 Å². The third kappa shape index (κ3) is 3.57. The molecule has 6 rings (SSSR count). The molecule has 0 spiro atoms. The van der Waals surface area contributed by atoms with Crippen LogP contribution in [-0.2, 0) is 7.05 Å². The minimum absolute atomic E-state index is 0.397. The number of pyridine rings is 1. The highest BCUT2D eigenvalue weighted by Crippen LogP contribution is 2.39. The normalized spacial score (nSPS) is 15.1. The summed E-state index contributed by atoms with van der Waals surface area (Å²) in [6, 6.07) is 23.8. The Morgan fingerprint density at radius 1 is 0.800 bits per heavy atom. The Labute approximate surface area is 209 Å². The van der Waals surface area contributed by atoms with E-state index < -0.39 is 0 Å². The maximum atomic E-state index is 2.51. The Morgan fingerprint density at radius 3 is 2.34 bits per heavy atom. The van der Waals surface area contributed by atoms with Crippen molar-refractivity contribution in [3.05, 3.63) is 77.5 Å². The quantitative estimate of drug-likeness (QED) is 0.238. The summed E-state index contributed by atoms with van der Waals surface area (Å²) in [5, 5.41) is 5.44. The molecule has 0 saturated heterocycles. The van der Waals surface area contributed by atoms with Crippen LogP contribution in [0.3, 0.4) is 0 Å². The minimum Gasteiger partial charge on any atom is -0.338 e. The van der Waals surface area contributed by atoms with Gasteiger partial charge in [-0.25, -0.2) is 0 Å². The molecule has 2 heterocycles. The Bertz CT molecular complexity index is 1580. The first kappa shape index (κ1) is 22.3. The van der Waals surface area contributed by atoms with Crippen LogP contribution in [0.15, 0.2) is 60.7 Å². The van der Waals surface area contributed by atoms with Gasteiger partial charge in [0.15, 0.2) is 5.69 Å². The van der Waals surface area contributed by atoms with Gasteiger partial charge in [0.1, 0.15) is 7.05 Å². The van der Waals surface area contributed by atoms with Gasteiger partial charge in [0.05, 0.1) is 16.5 Å². The molecule has 178 valence electrons. The van der Waals surface area contributed by atoms with Crippen LogP contribution in [0.2, 0.25) is 0 Å². The number of benzene rings is 3. The number of fused-ring (bicyclic) bond motifs is 4. The first-order chi connectivity index (χ1) is 16.9. The van der Waals surface area contributed by atoms with Crippen LogP contribution in [0.4, 0.5) is 0 Å². The van der Waals surface area contributed by atoms with E-state index in [1.807, 2.05) is 0 Å². The number of hydrogen-bond donors (Lipinski definition) is 0. The van der Waals surface area contributed by atoms with Gasteiger partial charge in [0.25, 0.3) is 0 Å². The summed E-state index contributed by atoms with van der Waals surface area (Å²) in [6.45, 7) is 9.11. The molecular formula is C33H37N2+. The molecule has 0 amide bonds. The van der Waals surface area contributed by atoms with Gasteiger partial charge in [-0.3, -0.25) is 0 Å². The van der Waals surface area contributed by atoms with E-state index in [0.29, 0.717) is 6.04 Å². The predicted molar refractivity (Wildman–Crippen MR) is 149 cm³/mol. The molecule has 0 N–H and O–H groups in total. The second kappa shape index (κ2) is 8.52. The summed E-state index contributed by atoms with van der Waals surface area (Å²) in [6.07, 6.45) is 6.83. The molecule has 0 bridgehead atoms. The Morgan fingerprint density at radius 2 is 1.57 bits per heavy atom. The fourth-order valence-electron chi connectivity index (χ4n) is 6.58. The first-order valence-electron chi connectivity index (χ1n) is 13.4. The van der Waals surface area contributed by atoms with E-state index >= 15 is 0 Å². The Balaban J connectivity index is 1.62. The molecule has 1 fully saturated rings. The van der Waals surface area contributed by atoms with Gasteiger partial charge in [-0.05, 0) is 80.3 Å². The molecule has 2 nitrogen and oxygen atoms in total. The lowest BCUT2D eigenvalue weighted by Gasteiger charge is -2.22. The number of nitrogens with zero attached hydrogens (tertiary/aromatic N) is 2. The fraction of sp³-hybridized carbons (Fsp3) is 0.364. The number of hydrogen-bond acceptors (Lipinski definition) is 0. The van der Waals surface area contributed by atoms with Crippen molar-refractivity contribution < 1.29 is 4.57 Å². The van der Waals surface area contributed by atoms with Crippen LogP contribution in [0.25, 0.3) is 43.8 Å². The zero-order chi connectivity index (χ0) is 24.3. The lowest BCUT2D eigenvalue weighted by molar-refractivity contribution is -0.665. The van der Waals surface area contributed by atoms with Crippen molar-refractivity contribution in [3.8, 4) is 11.3 Å². The van der Waals surface area contributed by atoms with E-state index in [1.54, 1.807) is 0 Å². The largest absolute Gasteiger partial charge is 0.338 e. The average Bonchev–Trinajstić information content (AvgIpc) is 3.18. The van der Waals surface area contributed by atoms with Crippen LogP contribution in [-0.4, -0.2) is 4.57 Å². The standard InChI is InChI=1S/C33H37N2/c1-21(2)35-31-14-10-9-13-28(31)30-17-22(3)29(20-32(30)35)33-27-16-15-25(24-11-7-6-8-12-24)19-26(27)18-23(4)34(33)5/h9-10,13-21,24H,6-8,11-12H2,1-5H3/q+1. The third-order valence-corrected chi connectivity index (χ3v) is 8.46. The minimum atomic E-state index is 0.397. The molecule has 1 aliphatic carbocycles. The molecule has 2 heteroatoms. The van der Waals surface area contributed by atoms with Crippen LogP contribution in [0, 0.1) is 13.8 Å². The van der Waals surface area contributed by atoms with Gasteiger partial charge >= 0.3 is 0 Å². The maximum absolute atomic E-state index is 2.51. The highest BCUT2D eigenvalue weighted by atomic mass is 15.0. The number of para-hydroxylation sites is 1. The second-order valence-corrected chi connectivity index (χ2v) is 11.0. The molecule has 3 aromatic carbocycles. The Kier molecular flexibility index (Phi) is 5.44. The highest BCUT2D eigenvalue weighted by molar-refractivity contribution is 6.10. The molecule has 0 atom stereocenters. The van der Waals surface area contributed by atoms with E-state index in [0.717, 1.165) is 5.92 Å². The molecule has 5 aromatic rings. The number of aromatic nitrogens is 2. The van der Waals surface area contributed by atoms with Gasteiger partial charge in [-0.15, -0.1) is 0 Å². The summed E-state index contributed by atoms with van der Waals surface area (Å²) in [7, 11) is 2.22. The molecule has 2 aromatic heterocycles. The second-order valence-electron chi connectivity index (χ2n) is 11.0. The highest BCUT2D eigenvalue weighted by Gasteiger charge is 2.24. The van der Waals surface area contributed by atoms with Crippen LogP contribution < -0.4 is 4.57 Å². The fourth-order valence-corrected chi connectivity index (χ4v) is 6.58. The molecule has 0 radical (unpaired) electrons. The summed E-state index contributed by atoms with van der Waals surface area (Å²) >= 11 is 0. The lowest BCUT2D eigenvalue weighted by atomic mass is 9.83. The SMILES string of the molecule is Cc1cc2c3ccccc3n(C(C)C)c2cc1-c1c2ccc(C3CCCCC3)cc2cc(C)[n+]1C. The van der Waals surface area contributed by atoms with Crippen molar-refractivity contribution in [1.29, 1.82) is 0 Å². The summed E-state index contributed by atoms with van der Waals surface area (Å²) in [5.41, 5.74) is 9.49. The van der Waals surface area contributed by atoms with Gasteiger partial charge in [-0.2, -0.15) is 4.57 Å². The first-order valence-corrected chi connectivity index (χ1v) is 13.4. The zero-order valence-electron chi connectivity index (χ0n) is 21.9. The zero-order valence-corrected chi connectivity index (χ0v) is 21.9. The van der Waals surface area contributed by atoms with Crippen LogP contribution in [0.5, 0.6) is 0 Å². The van der Waals surface area contributed by atoms with Crippen molar-refractivity contribution >= 4 is 32.6 Å². The van der Waals surface area contributed by atoms with Crippen molar-refractivity contribution in [3.63, 3.8) is 0 Å². The van der Waals surface area contributed by atoms with E-state index in [4.69, 9.17) is 0 Å². The number of rotatable bonds is 3. The average molecular weight is 462 g/mol. The molecule has 0 unspecified atom stereocenters. The molecule has 35 heavy (non-hydrogen) atoms. The van der Waals surface area contributed by atoms with E-state index in [9.17, 15) is 0 Å². The van der Waals surface area contributed by atoms with E-state index in [1.165, 1.54) is 92.8 Å². The van der Waals surface area contributed by atoms with E-state index in [-0.39, 0.29) is 0 Å². The van der Waals surface area contributed by atoms with Crippen LogP contribution in [0.1, 0.15) is 74.7 Å². The molecular weight excluding hydrogens is 424 g/mol. The monoisotopic (exact) mass is 461 g/mol. The van der Waals surface area contributed by atoms with Crippen LogP contribution >= 0.6 is 0 Å². The van der Waals surface area contributed by atoms with Gasteiger partial charge < -0.3 is 4.57 Å².